The maximum Gasteiger partial charge on any atom is 0.254 e. The van der Waals surface area contributed by atoms with Gasteiger partial charge in [0.1, 0.15) is 6.04 Å². The van der Waals surface area contributed by atoms with E-state index in [9.17, 15) is 9.59 Å². The highest BCUT2D eigenvalue weighted by atomic mass is 35.5. The third-order valence-corrected chi connectivity index (χ3v) is 4.73. The minimum absolute atomic E-state index is 0.00368. The van der Waals surface area contributed by atoms with Crippen molar-refractivity contribution in [3.8, 4) is 0 Å². The minimum atomic E-state index is -0.670. The average Bonchev–Trinajstić information content (AvgIpc) is 2.76. The van der Waals surface area contributed by atoms with Crippen LogP contribution in [0.4, 0.5) is 5.69 Å². The zero-order valence-corrected chi connectivity index (χ0v) is 16.0. The Labute approximate surface area is 168 Å². The number of hydrogen-bond donors (Lipinski definition) is 3. The van der Waals surface area contributed by atoms with Crippen LogP contribution in [0.5, 0.6) is 0 Å². The first-order valence-corrected chi connectivity index (χ1v) is 9.34. The van der Waals surface area contributed by atoms with E-state index in [2.05, 4.69) is 10.3 Å². The van der Waals surface area contributed by atoms with Crippen LogP contribution in [-0.2, 0) is 11.3 Å². The summed E-state index contributed by atoms with van der Waals surface area (Å²) >= 11 is 6.15. The molecule has 0 aliphatic carbocycles. The van der Waals surface area contributed by atoms with Gasteiger partial charge < -0.3 is 21.7 Å². The second kappa shape index (κ2) is 8.75. The van der Waals surface area contributed by atoms with Gasteiger partial charge in [-0.15, -0.1) is 0 Å². The molecule has 0 fully saturated rings. The maximum absolute atomic E-state index is 13.3. The number of anilines is 1. The molecule has 1 heterocycles. The third kappa shape index (κ3) is 4.61. The van der Waals surface area contributed by atoms with Crippen molar-refractivity contribution < 1.29 is 9.59 Å². The lowest BCUT2D eigenvalue weighted by Gasteiger charge is -2.25. The molecule has 0 spiro atoms. The number of carbonyl (C=O) groups excluding carboxylic acids is 2. The molecular weight excluding hydrogens is 378 g/mol. The summed E-state index contributed by atoms with van der Waals surface area (Å²) in [6, 6.07) is 13.9. The van der Waals surface area contributed by atoms with E-state index in [1.165, 1.54) is 0 Å². The number of guanidine groups is 1. The molecule has 2 amide bonds. The summed E-state index contributed by atoms with van der Waals surface area (Å²) < 4.78 is 0. The molecule has 8 heteroatoms. The Balaban J connectivity index is 1.91. The molecular formula is C20H22ClN5O2. The number of rotatable bonds is 6. The van der Waals surface area contributed by atoms with E-state index in [0.717, 1.165) is 5.56 Å². The fourth-order valence-electron chi connectivity index (χ4n) is 3.15. The first-order valence-electron chi connectivity index (χ1n) is 8.97. The number of fused-ring (bicyclic) bond motifs is 1. The summed E-state index contributed by atoms with van der Waals surface area (Å²) in [5.41, 5.74) is 12.5. The van der Waals surface area contributed by atoms with Gasteiger partial charge in [-0.2, -0.15) is 0 Å². The smallest absolute Gasteiger partial charge is 0.254 e. The van der Waals surface area contributed by atoms with E-state index in [0.29, 0.717) is 42.2 Å². The molecule has 146 valence electrons. The standard InChI is InChI=1S/C20H22ClN5O2/c21-14-8-9-15-17(11-14)26(12-13-5-2-1-3-6-13)19(28)16(25-18(15)27)7-4-10-24-20(22)23/h1-3,5-6,8-9,11,16H,4,7,10,12H2,(H,25,27)(H4,22,23,24)/t16-/m0/s1. The lowest BCUT2D eigenvalue weighted by molar-refractivity contribution is -0.120. The highest BCUT2D eigenvalue weighted by Gasteiger charge is 2.33. The van der Waals surface area contributed by atoms with Crippen molar-refractivity contribution in [1.82, 2.24) is 5.32 Å². The van der Waals surface area contributed by atoms with Crippen LogP contribution in [0, 0.1) is 0 Å². The number of hydrogen-bond acceptors (Lipinski definition) is 3. The lowest BCUT2D eigenvalue weighted by Crippen LogP contribution is -2.45. The third-order valence-electron chi connectivity index (χ3n) is 4.49. The van der Waals surface area contributed by atoms with Gasteiger partial charge in [0.15, 0.2) is 5.96 Å². The molecule has 0 radical (unpaired) electrons. The van der Waals surface area contributed by atoms with Crippen LogP contribution in [0.25, 0.3) is 0 Å². The lowest BCUT2D eigenvalue weighted by atomic mass is 10.1. The summed E-state index contributed by atoms with van der Waals surface area (Å²) in [4.78, 5) is 31.5. The average molecular weight is 400 g/mol. The highest BCUT2D eigenvalue weighted by Crippen LogP contribution is 2.30. The quantitative estimate of drug-likeness (QED) is 0.391. The van der Waals surface area contributed by atoms with Crippen molar-refractivity contribution >= 4 is 35.1 Å². The molecule has 2 aromatic carbocycles. The number of halogens is 1. The number of amides is 2. The van der Waals surface area contributed by atoms with Crippen molar-refractivity contribution in [2.24, 2.45) is 16.5 Å². The van der Waals surface area contributed by atoms with E-state index in [1.807, 2.05) is 30.3 Å². The van der Waals surface area contributed by atoms with Gasteiger partial charge in [0, 0.05) is 11.6 Å². The largest absolute Gasteiger partial charge is 0.370 e. The molecule has 0 unspecified atom stereocenters. The Morgan fingerprint density at radius 3 is 2.61 bits per heavy atom. The Morgan fingerprint density at radius 1 is 1.14 bits per heavy atom. The first kappa shape index (κ1) is 19.7. The van der Waals surface area contributed by atoms with Crippen LogP contribution in [-0.4, -0.2) is 30.4 Å². The summed E-state index contributed by atoms with van der Waals surface area (Å²) in [6.07, 6.45) is 0.985. The molecule has 1 aliphatic heterocycles. The van der Waals surface area contributed by atoms with Crippen LogP contribution in [0.2, 0.25) is 5.02 Å². The minimum Gasteiger partial charge on any atom is -0.370 e. The zero-order valence-electron chi connectivity index (χ0n) is 15.3. The number of carbonyl (C=O) groups is 2. The molecule has 0 bridgehead atoms. The second-order valence-corrected chi connectivity index (χ2v) is 6.98. The highest BCUT2D eigenvalue weighted by molar-refractivity contribution is 6.31. The number of nitrogens with one attached hydrogen (secondary N) is 1. The number of benzene rings is 2. The molecule has 1 atom stereocenters. The van der Waals surface area contributed by atoms with Gasteiger partial charge in [-0.3, -0.25) is 14.6 Å². The Hall–Kier alpha value is -3.06. The molecule has 2 aromatic rings. The van der Waals surface area contributed by atoms with Crippen LogP contribution >= 0.6 is 11.6 Å². The van der Waals surface area contributed by atoms with Crippen molar-refractivity contribution in [3.63, 3.8) is 0 Å². The zero-order chi connectivity index (χ0) is 20.1. The van der Waals surface area contributed by atoms with E-state index in [-0.39, 0.29) is 17.8 Å². The van der Waals surface area contributed by atoms with Crippen molar-refractivity contribution in [2.45, 2.75) is 25.4 Å². The van der Waals surface area contributed by atoms with Gasteiger partial charge in [0.05, 0.1) is 17.8 Å². The molecule has 7 nitrogen and oxygen atoms in total. The summed E-state index contributed by atoms with van der Waals surface area (Å²) in [7, 11) is 0. The van der Waals surface area contributed by atoms with Crippen LogP contribution in [0.3, 0.4) is 0 Å². The van der Waals surface area contributed by atoms with Crippen molar-refractivity contribution in [3.05, 3.63) is 64.7 Å². The predicted octanol–water partition coefficient (Wildman–Crippen LogP) is 2.04. The molecule has 0 saturated heterocycles. The van der Waals surface area contributed by atoms with Crippen molar-refractivity contribution in [2.75, 3.05) is 11.4 Å². The van der Waals surface area contributed by atoms with E-state index in [4.69, 9.17) is 23.1 Å². The van der Waals surface area contributed by atoms with Gasteiger partial charge in [0.2, 0.25) is 5.91 Å². The fraction of sp³-hybridized carbons (Fsp3) is 0.250. The molecule has 5 N–H and O–H groups in total. The SMILES string of the molecule is NC(N)=NCCC[C@@H]1NC(=O)c2ccc(Cl)cc2N(Cc2ccccc2)C1=O. The summed E-state index contributed by atoms with van der Waals surface area (Å²) in [5, 5.41) is 3.29. The maximum atomic E-state index is 13.3. The normalized spacial score (nSPS) is 16.2. The van der Waals surface area contributed by atoms with Gasteiger partial charge in [0.25, 0.3) is 5.91 Å². The van der Waals surface area contributed by atoms with E-state index >= 15 is 0 Å². The molecule has 28 heavy (non-hydrogen) atoms. The topological polar surface area (TPSA) is 114 Å². The fourth-order valence-corrected chi connectivity index (χ4v) is 3.32. The predicted molar refractivity (Wildman–Crippen MR) is 110 cm³/mol. The van der Waals surface area contributed by atoms with Gasteiger partial charge in [-0.25, -0.2) is 0 Å². The number of nitrogens with two attached hydrogens (primary N) is 2. The molecule has 0 aromatic heterocycles. The molecule has 1 aliphatic rings. The van der Waals surface area contributed by atoms with Gasteiger partial charge in [-0.1, -0.05) is 41.9 Å². The van der Waals surface area contributed by atoms with E-state index < -0.39 is 6.04 Å². The molecule has 3 rings (SSSR count). The second-order valence-electron chi connectivity index (χ2n) is 6.55. The summed E-state index contributed by atoms with van der Waals surface area (Å²) in [6.45, 7) is 0.728. The van der Waals surface area contributed by atoms with Gasteiger partial charge >= 0.3 is 0 Å². The van der Waals surface area contributed by atoms with Crippen LogP contribution in [0.1, 0.15) is 28.8 Å². The van der Waals surface area contributed by atoms with Crippen LogP contribution in [0.15, 0.2) is 53.5 Å². The number of nitrogens with zero attached hydrogens (tertiary/aromatic N) is 2. The Kier molecular flexibility index (Phi) is 6.16. The van der Waals surface area contributed by atoms with Crippen LogP contribution < -0.4 is 21.7 Å². The summed E-state index contributed by atoms with van der Waals surface area (Å²) in [5.74, 6) is -0.491. The Bertz CT molecular complexity index is 897. The molecule has 0 saturated carbocycles. The van der Waals surface area contributed by atoms with Gasteiger partial charge in [-0.05, 0) is 36.6 Å². The van der Waals surface area contributed by atoms with Crippen molar-refractivity contribution in [1.29, 1.82) is 0 Å². The number of aliphatic imine (C=N–C) groups is 1. The Morgan fingerprint density at radius 2 is 1.89 bits per heavy atom. The monoisotopic (exact) mass is 399 g/mol. The van der Waals surface area contributed by atoms with E-state index in [1.54, 1.807) is 23.1 Å². The first-order chi connectivity index (χ1) is 13.5.